The third-order valence-electron chi connectivity index (χ3n) is 6.40. The molecule has 0 saturated carbocycles. The minimum absolute atomic E-state index is 0.201. The summed E-state index contributed by atoms with van der Waals surface area (Å²) in [6, 6.07) is 11.1. The minimum Gasteiger partial charge on any atom is -0.340 e. The molecule has 0 bridgehead atoms. The van der Waals surface area contributed by atoms with Gasteiger partial charge in [-0.15, -0.1) is 0 Å². The van der Waals surface area contributed by atoms with Crippen LogP contribution in [-0.2, 0) is 9.59 Å². The van der Waals surface area contributed by atoms with Gasteiger partial charge in [0.1, 0.15) is 6.04 Å². The highest BCUT2D eigenvalue weighted by atomic mass is 16.2. The number of carbonyl (C=O) groups is 4. The zero-order valence-electron chi connectivity index (χ0n) is 18.2. The maximum Gasteiger partial charge on any atom is 0.252 e. The Morgan fingerprint density at radius 2 is 1.78 bits per heavy atom. The quantitative estimate of drug-likeness (QED) is 0.554. The van der Waals surface area contributed by atoms with Gasteiger partial charge in [-0.3, -0.25) is 24.5 Å². The number of rotatable bonds is 6. The summed E-state index contributed by atoms with van der Waals surface area (Å²) in [6.45, 7) is 4.50. The first kappa shape index (κ1) is 21.9. The van der Waals surface area contributed by atoms with Crippen LogP contribution >= 0.6 is 0 Å². The summed E-state index contributed by atoms with van der Waals surface area (Å²) >= 11 is 0. The molecule has 166 valence electrons. The van der Waals surface area contributed by atoms with E-state index in [1.165, 1.54) is 0 Å². The van der Waals surface area contributed by atoms with Gasteiger partial charge < -0.3 is 10.6 Å². The van der Waals surface area contributed by atoms with Crippen molar-refractivity contribution in [2.75, 3.05) is 6.54 Å². The van der Waals surface area contributed by atoms with Crippen molar-refractivity contribution in [1.29, 1.82) is 0 Å². The first-order valence-electron chi connectivity index (χ1n) is 11.1. The Kier molecular flexibility index (Phi) is 6.19. The molecule has 7 heteroatoms. The number of benzene rings is 2. The van der Waals surface area contributed by atoms with E-state index in [9.17, 15) is 19.2 Å². The van der Waals surface area contributed by atoms with Gasteiger partial charge in [-0.25, -0.2) is 0 Å². The average Bonchev–Trinajstić information content (AvgIpc) is 3.44. The lowest BCUT2D eigenvalue weighted by atomic mass is 9.96. The van der Waals surface area contributed by atoms with Gasteiger partial charge in [-0.1, -0.05) is 56.7 Å². The van der Waals surface area contributed by atoms with Crippen molar-refractivity contribution in [3.05, 3.63) is 59.2 Å². The molecule has 1 aliphatic carbocycles. The summed E-state index contributed by atoms with van der Waals surface area (Å²) in [6.07, 6.45) is 2.19. The molecule has 2 aromatic carbocycles. The number of nitrogens with one attached hydrogen (secondary N) is 3. The van der Waals surface area contributed by atoms with E-state index >= 15 is 0 Å². The second kappa shape index (κ2) is 9.04. The lowest BCUT2D eigenvalue weighted by Crippen LogP contribution is -2.54. The monoisotopic (exact) mass is 433 g/mol. The van der Waals surface area contributed by atoms with Gasteiger partial charge in [0.15, 0.2) is 5.78 Å². The third-order valence-corrected chi connectivity index (χ3v) is 6.40. The number of imide groups is 1. The number of fused-ring (bicyclic) bond motifs is 3. The van der Waals surface area contributed by atoms with Crippen LogP contribution in [0.25, 0.3) is 11.1 Å². The minimum atomic E-state index is -0.896. The molecular weight excluding hydrogens is 406 g/mol. The second-order valence-corrected chi connectivity index (χ2v) is 8.44. The van der Waals surface area contributed by atoms with E-state index in [0.717, 1.165) is 18.5 Å². The van der Waals surface area contributed by atoms with Crippen molar-refractivity contribution in [1.82, 2.24) is 16.0 Å². The Labute approximate surface area is 187 Å². The Bertz CT molecular complexity index is 1090. The summed E-state index contributed by atoms with van der Waals surface area (Å²) < 4.78 is 0. The maximum atomic E-state index is 13.2. The van der Waals surface area contributed by atoms with Crippen molar-refractivity contribution in [3.63, 3.8) is 0 Å². The number of carbonyl (C=O) groups excluding carboxylic acids is 4. The Morgan fingerprint density at radius 3 is 2.47 bits per heavy atom. The van der Waals surface area contributed by atoms with Crippen LogP contribution in [0.15, 0.2) is 42.5 Å². The fraction of sp³-hybridized carbons (Fsp3) is 0.360. The maximum absolute atomic E-state index is 13.2. The number of hydrogen-bond acceptors (Lipinski definition) is 5. The van der Waals surface area contributed by atoms with Gasteiger partial charge in [0.25, 0.3) is 5.91 Å². The van der Waals surface area contributed by atoms with Crippen LogP contribution in [0, 0.1) is 5.92 Å². The SMILES string of the molecule is CCC(C)C(NC(=O)c1cccc2c1C(=O)c1ccccc1-2)C(=O)NC(=O)C1CCCN1. The van der Waals surface area contributed by atoms with E-state index in [1.807, 2.05) is 32.0 Å². The molecule has 1 aliphatic heterocycles. The van der Waals surface area contributed by atoms with Gasteiger partial charge in [0, 0.05) is 11.1 Å². The largest absolute Gasteiger partial charge is 0.340 e. The van der Waals surface area contributed by atoms with E-state index in [-0.39, 0.29) is 29.2 Å². The highest BCUT2D eigenvalue weighted by molar-refractivity contribution is 6.25. The third kappa shape index (κ3) is 3.96. The molecule has 2 aliphatic rings. The molecule has 32 heavy (non-hydrogen) atoms. The zero-order chi connectivity index (χ0) is 22.8. The van der Waals surface area contributed by atoms with E-state index in [2.05, 4.69) is 16.0 Å². The Morgan fingerprint density at radius 1 is 1.06 bits per heavy atom. The lowest BCUT2D eigenvalue weighted by Gasteiger charge is -2.24. The normalized spacial score (nSPS) is 18.4. The van der Waals surface area contributed by atoms with E-state index < -0.39 is 17.9 Å². The molecule has 1 heterocycles. The first-order chi connectivity index (χ1) is 15.4. The molecule has 1 saturated heterocycles. The summed E-state index contributed by atoms with van der Waals surface area (Å²) in [4.78, 5) is 51.6. The van der Waals surface area contributed by atoms with E-state index in [1.54, 1.807) is 24.3 Å². The fourth-order valence-electron chi connectivity index (χ4n) is 4.38. The zero-order valence-corrected chi connectivity index (χ0v) is 18.2. The van der Waals surface area contributed by atoms with Crippen LogP contribution in [0.3, 0.4) is 0 Å². The molecule has 0 aromatic heterocycles. The van der Waals surface area contributed by atoms with Crippen molar-refractivity contribution >= 4 is 23.5 Å². The van der Waals surface area contributed by atoms with Crippen LogP contribution in [0.1, 0.15) is 59.4 Å². The smallest absolute Gasteiger partial charge is 0.252 e. The average molecular weight is 434 g/mol. The van der Waals surface area contributed by atoms with E-state index in [4.69, 9.17) is 0 Å². The molecule has 4 rings (SSSR count). The predicted octanol–water partition coefficient (Wildman–Crippen LogP) is 2.44. The highest BCUT2D eigenvalue weighted by Gasteiger charge is 2.34. The second-order valence-electron chi connectivity index (χ2n) is 8.44. The molecule has 3 unspecified atom stereocenters. The molecule has 2 aromatic rings. The van der Waals surface area contributed by atoms with Gasteiger partial charge >= 0.3 is 0 Å². The number of ketones is 1. The van der Waals surface area contributed by atoms with Crippen LogP contribution in [0.5, 0.6) is 0 Å². The first-order valence-corrected chi connectivity index (χ1v) is 11.1. The van der Waals surface area contributed by atoms with Crippen molar-refractivity contribution in [3.8, 4) is 11.1 Å². The van der Waals surface area contributed by atoms with Crippen molar-refractivity contribution in [2.24, 2.45) is 5.92 Å². The van der Waals surface area contributed by atoms with Gasteiger partial charge in [-0.05, 0) is 42.5 Å². The summed E-state index contributed by atoms with van der Waals surface area (Å²) in [5.41, 5.74) is 2.65. The van der Waals surface area contributed by atoms with Crippen LogP contribution in [-0.4, -0.2) is 42.1 Å². The molecule has 3 N–H and O–H groups in total. The van der Waals surface area contributed by atoms with Crippen LogP contribution < -0.4 is 16.0 Å². The van der Waals surface area contributed by atoms with Crippen LogP contribution in [0.2, 0.25) is 0 Å². The topological polar surface area (TPSA) is 104 Å². The standard InChI is InChI=1S/C25H27N3O4/c1-3-14(2)21(25(32)28-24(31)19-12-7-13-26-19)27-23(30)18-11-6-10-16-15-8-4-5-9-17(15)22(29)20(16)18/h4-6,8-11,14,19,21,26H,3,7,12-13H2,1-2H3,(H,27,30)(H,28,31,32). The summed E-state index contributed by atoms with van der Waals surface area (Å²) in [7, 11) is 0. The molecule has 0 spiro atoms. The molecular formula is C25H27N3O4. The molecule has 3 atom stereocenters. The van der Waals surface area contributed by atoms with Gasteiger partial charge in [0.05, 0.1) is 11.6 Å². The number of amides is 3. The summed E-state index contributed by atoms with van der Waals surface area (Å²) in [5.74, 6) is -1.81. The molecule has 0 radical (unpaired) electrons. The van der Waals surface area contributed by atoms with Gasteiger partial charge in [-0.2, -0.15) is 0 Å². The molecule has 7 nitrogen and oxygen atoms in total. The molecule has 1 fully saturated rings. The Balaban J connectivity index is 1.57. The van der Waals surface area contributed by atoms with Gasteiger partial charge in [0.2, 0.25) is 11.8 Å². The fourth-order valence-corrected chi connectivity index (χ4v) is 4.38. The Hall–Kier alpha value is -3.32. The lowest BCUT2D eigenvalue weighted by molar-refractivity contribution is -0.133. The van der Waals surface area contributed by atoms with Crippen LogP contribution in [0.4, 0.5) is 0 Å². The summed E-state index contributed by atoms with van der Waals surface area (Å²) in [5, 5.41) is 8.29. The van der Waals surface area contributed by atoms with Crippen molar-refractivity contribution in [2.45, 2.75) is 45.2 Å². The molecule has 3 amide bonds. The van der Waals surface area contributed by atoms with Crippen molar-refractivity contribution < 1.29 is 19.2 Å². The predicted molar refractivity (Wildman–Crippen MR) is 120 cm³/mol. The van der Waals surface area contributed by atoms with E-state index in [0.29, 0.717) is 29.5 Å². The number of hydrogen-bond donors (Lipinski definition) is 3. The highest BCUT2D eigenvalue weighted by Crippen LogP contribution is 2.38.